The molecular weight excluding hydrogens is 405 g/mol. The Bertz CT molecular complexity index is 1010. The number of nitrogens with zero attached hydrogens (tertiary/aromatic N) is 2. The number of alkyl halides is 1. The molecule has 8 heteroatoms. The Morgan fingerprint density at radius 1 is 1.00 bits per heavy atom. The lowest BCUT2D eigenvalue weighted by Crippen LogP contribution is -2.11. The van der Waals surface area contributed by atoms with Gasteiger partial charge in [0.15, 0.2) is 5.82 Å². The van der Waals surface area contributed by atoms with Crippen molar-refractivity contribution < 1.29 is 22.7 Å². The fourth-order valence-corrected chi connectivity index (χ4v) is 2.70. The summed E-state index contributed by atoms with van der Waals surface area (Å²) in [6.07, 6.45) is 5.05. The summed E-state index contributed by atoms with van der Waals surface area (Å²) in [6, 6.07) is 7.33. The molecular formula is C21H16ClF3N2O2. The lowest BCUT2D eigenvalue weighted by molar-refractivity contribution is 0.0729. The smallest absolute Gasteiger partial charge is 0.346 e. The van der Waals surface area contributed by atoms with Gasteiger partial charge in [-0.05, 0) is 49.1 Å². The number of rotatable bonds is 7. The summed E-state index contributed by atoms with van der Waals surface area (Å²) in [5.74, 6) is -2.35. The number of halogens is 4. The normalized spacial score (nSPS) is 10.8. The van der Waals surface area contributed by atoms with Crippen molar-refractivity contribution in [3.05, 3.63) is 76.6 Å². The number of unbranched alkanes of at least 4 members (excludes halogenated alkanes) is 1. The van der Waals surface area contributed by atoms with E-state index in [1.54, 1.807) is 12.4 Å². The number of esters is 1. The van der Waals surface area contributed by atoms with Crippen LogP contribution < -0.4 is 4.74 Å². The first kappa shape index (κ1) is 20.8. The highest BCUT2D eigenvalue weighted by Gasteiger charge is 2.16. The highest BCUT2D eigenvalue weighted by Crippen LogP contribution is 2.23. The van der Waals surface area contributed by atoms with Gasteiger partial charge in [-0.15, -0.1) is 0 Å². The Kier molecular flexibility index (Phi) is 6.82. The van der Waals surface area contributed by atoms with E-state index in [2.05, 4.69) is 9.97 Å². The minimum atomic E-state index is -0.972. The minimum absolute atomic E-state index is 0.0907. The van der Waals surface area contributed by atoms with E-state index in [1.807, 2.05) is 0 Å². The first-order valence-corrected chi connectivity index (χ1v) is 9.20. The topological polar surface area (TPSA) is 52.1 Å². The van der Waals surface area contributed by atoms with Crippen molar-refractivity contribution in [2.45, 2.75) is 19.3 Å². The second-order valence-electron chi connectivity index (χ2n) is 6.22. The van der Waals surface area contributed by atoms with Gasteiger partial charge >= 0.3 is 5.97 Å². The second kappa shape index (κ2) is 9.52. The maximum absolute atomic E-state index is 14.4. The van der Waals surface area contributed by atoms with E-state index in [-0.39, 0.29) is 28.8 Å². The molecule has 4 nitrogen and oxygen atoms in total. The summed E-state index contributed by atoms with van der Waals surface area (Å²) in [5, 5.41) is -0.117. The van der Waals surface area contributed by atoms with E-state index < -0.39 is 17.6 Å². The van der Waals surface area contributed by atoms with Crippen molar-refractivity contribution in [3.63, 3.8) is 0 Å². The average Bonchev–Trinajstić information content (AvgIpc) is 2.71. The highest BCUT2D eigenvalue weighted by atomic mass is 35.5. The molecule has 0 unspecified atom stereocenters. The predicted molar refractivity (Wildman–Crippen MR) is 103 cm³/mol. The fraction of sp³-hybridized carbons (Fsp3) is 0.190. The molecule has 0 radical (unpaired) electrons. The number of carbonyl (C=O) groups excluding carboxylic acids is 1. The van der Waals surface area contributed by atoms with E-state index in [9.17, 15) is 18.0 Å². The van der Waals surface area contributed by atoms with Crippen LogP contribution in [0.5, 0.6) is 5.75 Å². The number of aryl methyl sites for hydroxylation is 1. The zero-order chi connectivity index (χ0) is 20.8. The van der Waals surface area contributed by atoms with Crippen LogP contribution in [0.1, 0.15) is 28.8 Å². The zero-order valence-electron chi connectivity index (χ0n) is 15.2. The van der Waals surface area contributed by atoms with Crippen LogP contribution in [0.3, 0.4) is 0 Å². The summed E-state index contributed by atoms with van der Waals surface area (Å²) in [6.45, 7) is -0.361. The molecule has 0 aliphatic rings. The third kappa shape index (κ3) is 5.32. The molecule has 1 aromatic heterocycles. The third-order valence-electron chi connectivity index (χ3n) is 4.10. The van der Waals surface area contributed by atoms with Gasteiger partial charge in [-0.1, -0.05) is 17.7 Å². The summed E-state index contributed by atoms with van der Waals surface area (Å²) in [7, 11) is 0. The van der Waals surface area contributed by atoms with Crippen LogP contribution in [0.4, 0.5) is 13.2 Å². The largest absolute Gasteiger partial charge is 0.423 e. The van der Waals surface area contributed by atoms with Crippen molar-refractivity contribution in [2.24, 2.45) is 0 Å². The quantitative estimate of drug-likeness (QED) is 0.284. The molecule has 0 N–H and O–H groups in total. The number of aromatic nitrogens is 2. The molecule has 0 amide bonds. The molecule has 0 atom stereocenters. The van der Waals surface area contributed by atoms with Gasteiger partial charge in [-0.2, -0.15) is 0 Å². The molecule has 0 saturated carbocycles. The molecule has 1 heterocycles. The molecule has 2 aromatic carbocycles. The first-order chi connectivity index (χ1) is 14.0. The molecule has 0 saturated heterocycles. The Labute approximate surface area is 170 Å². The lowest BCUT2D eigenvalue weighted by atomic mass is 10.1. The summed E-state index contributed by atoms with van der Waals surface area (Å²) in [4.78, 5) is 20.5. The Morgan fingerprint density at radius 3 is 2.41 bits per heavy atom. The molecule has 0 aliphatic carbocycles. The van der Waals surface area contributed by atoms with Crippen LogP contribution in [-0.2, 0) is 6.42 Å². The van der Waals surface area contributed by atoms with E-state index in [4.69, 9.17) is 16.3 Å². The fourth-order valence-electron chi connectivity index (χ4n) is 2.58. The van der Waals surface area contributed by atoms with Crippen LogP contribution in [0.15, 0.2) is 48.8 Å². The summed E-state index contributed by atoms with van der Waals surface area (Å²) in [5.41, 5.74) is 0.928. The van der Waals surface area contributed by atoms with Crippen molar-refractivity contribution >= 4 is 17.6 Å². The van der Waals surface area contributed by atoms with Gasteiger partial charge in [-0.3, -0.25) is 4.39 Å². The molecule has 3 aromatic rings. The molecule has 29 heavy (non-hydrogen) atoms. The molecule has 0 spiro atoms. The number of carbonyl (C=O) groups is 1. The predicted octanol–water partition coefficient (Wildman–Crippen LogP) is 5.59. The molecule has 3 rings (SSSR count). The van der Waals surface area contributed by atoms with Crippen molar-refractivity contribution in [1.29, 1.82) is 0 Å². The molecule has 150 valence electrons. The van der Waals surface area contributed by atoms with Crippen LogP contribution in [0.2, 0.25) is 5.02 Å². The Hall–Kier alpha value is -2.93. The van der Waals surface area contributed by atoms with Crippen molar-refractivity contribution in [2.75, 3.05) is 6.67 Å². The van der Waals surface area contributed by atoms with Crippen molar-refractivity contribution in [1.82, 2.24) is 9.97 Å². The average molecular weight is 421 g/mol. The number of hydrogen-bond acceptors (Lipinski definition) is 4. The van der Waals surface area contributed by atoms with Crippen LogP contribution in [-0.4, -0.2) is 22.6 Å². The van der Waals surface area contributed by atoms with E-state index >= 15 is 0 Å². The second-order valence-corrected chi connectivity index (χ2v) is 6.63. The van der Waals surface area contributed by atoms with Crippen molar-refractivity contribution in [3.8, 4) is 17.1 Å². The van der Waals surface area contributed by atoms with E-state index in [0.717, 1.165) is 17.7 Å². The van der Waals surface area contributed by atoms with Gasteiger partial charge in [-0.25, -0.2) is 23.5 Å². The lowest BCUT2D eigenvalue weighted by Gasteiger charge is -2.07. The monoisotopic (exact) mass is 420 g/mol. The van der Waals surface area contributed by atoms with Gasteiger partial charge < -0.3 is 4.74 Å². The summed E-state index contributed by atoms with van der Waals surface area (Å²) >= 11 is 5.57. The molecule has 0 aliphatic heterocycles. The van der Waals surface area contributed by atoms with Crippen LogP contribution in [0, 0.1) is 11.6 Å². The number of hydrogen-bond donors (Lipinski definition) is 0. The zero-order valence-corrected chi connectivity index (χ0v) is 15.9. The third-order valence-corrected chi connectivity index (χ3v) is 4.41. The summed E-state index contributed by atoms with van der Waals surface area (Å²) < 4.78 is 45.0. The van der Waals surface area contributed by atoms with E-state index in [0.29, 0.717) is 24.8 Å². The number of ether oxygens (including phenoxy) is 1. The Balaban J connectivity index is 1.72. The van der Waals surface area contributed by atoms with Gasteiger partial charge in [0, 0.05) is 24.0 Å². The van der Waals surface area contributed by atoms with Gasteiger partial charge in [0.05, 0.1) is 17.3 Å². The minimum Gasteiger partial charge on any atom is -0.423 e. The van der Waals surface area contributed by atoms with Gasteiger partial charge in [0.1, 0.15) is 17.4 Å². The van der Waals surface area contributed by atoms with Gasteiger partial charge in [0.25, 0.3) is 0 Å². The van der Waals surface area contributed by atoms with Crippen LogP contribution in [0.25, 0.3) is 11.4 Å². The first-order valence-electron chi connectivity index (χ1n) is 8.82. The van der Waals surface area contributed by atoms with Gasteiger partial charge in [0.2, 0.25) is 0 Å². The maximum Gasteiger partial charge on any atom is 0.346 e. The number of benzene rings is 2. The van der Waals surface area contributed by atoms with E-state index in [1.165, 1.54) is 24.3 Å². The standard InChI is InChI=1S/C21H16ClF3N2O2/c22-17-7-5-15(10-19(17)25)29-21(28)16-6-4-14(9-18(16)24)20-26-11-13(12-27-20)3-1-2-8-23/h4-7,9-12H,1-3,8H2. The molecule has 0 fully saturated rings. The van der Waals surface area contributed by atoms with Crippen LogP contribution >= 0.6 is 11.6 Å². The SMILES string of the molecule is O=C(Oc1ccc(Cl)c(F)c1)c1ccc(-c2ncc(CCCCF)cn2)cc1F. The highest BCUT2D eigenvalue weighted by molar-refractivity contribution is 6.30. The Morgan fingerprint density at radius 2 is 1.76 bits per heavy atom. The maximum atomic E-state index is 14.4. The molecule has 0 bridgehead atoms.